The monoisotopic (exact) mass is 360 g/mol. The van der Waals surface area contributed by atoms with Crippen molar-refractivity contribution < 1.29 is 17.9 Å². The number of ether oxygens (including phenoxy) is 1. The molecule has 6 nitrogen and oxygen atoms in total. The highest BCUT2D eigenvalue weighted by molar-refractivity contribution is 7.90. The molecule has 1 aromatic carbocycles. The molecule has 0 spiro atoms. The molecule has 1 aliphatic heterocycles. The van der Waals surface area contributed by atoms with Gasteiger partial charge in [-0.15, -0.1) is 0 Å². The molecule has 0 saturated carbocycles. The maximum atomic E-state index is 12.5. The summed E-state index contributed by atoms with van der Waals surface area (Å²) < 4.78 is 34.3. The summed E-state index contributed by atoms with van der Waals surface area (Å²) in [5, 5.41) is 0. The number of sulfonamides is 1. The maximum Gasteiger partial charge on any atom is 0.282 e. The fraction of sp³-hybridized carbons (Fsp3) is 0.333. The predicted molar refractivity (Wildman–Crippen MR) is 95.0 cm³/mol. The Morgan fingerprint density at radius 1 is 1.04 bits per heavy atom. The topological polar surface area (TPSA) is 76.0 Å². The van der Waals surface area contributed by atoms with Crippen LogP contribution in [0.15, 0.2) is 57.0 Å². The molecule has 132 valence electrons. The van der Waals surface area contributed by atoms with Crippen LogP contribution in [0.2, 0.25) is 0 Å². The summed E-state index contributed by atoms with van der Waals surface area (Å²) in [6.07, 6.45) is 3.06. The minimum absolute atomic E-state index is 0.103. The summed E-state index contributed by atoms with van der Waals surface area (Å²) in [5.41, 5.74) is 2.18. The Kier molecular flexibility index (Phi) is 4.87. The second-order valence-electron chi connectivity index (χ2n) is 6.09. The van der Waals surface area contributed by atoms with E-state index in [1.54, 1.807) is 25.1 Å². The number of carbonyl (C=O) groups is 1. The molecular formula is C18H20N2O4S. The number of hydrogen-bond donors (Lipinski definition) is 0. The van der Waals surface area contributed by atoms with Crippen LogP contribution in [0.1, 0.15) is 12.5 Å². The summed E-state index contributed by atoms with van der Waals surface area (Å²) in [4.78, 5) is 14.5. The quantitative estimate of drug-likeness (QED) is 0.769. The number of carbonyl (C=O) groups excluding carboxylic acids is 1. The van der Waals surface area contributed by atoms with Gasteiger partial charge >= 0.3 is 0 Å². The average Bonchev–Trinajstić information content (AvgIpc) is 2.59. The number of aryl methyl sites for hydroxylation is 1. The molecule has 7 heteroatoms. The molecule has 1 aliphatic carbocycles. The van der Waals surface area contributed by atoms with E-state index in [1.807, 2.05) is 11.8 Å². The van der Waals surface area contributed by atoms with Crippen LogP contribution in [0.3, 0.4) is 0 Å². The number of benzene rings is 1. The van der Waals surface area contributed by atoms with Crippen molar-refractivity contribution in [3.8, 4) is 0 Å². The first-order valence-corrected chi connectivity index (χ1v) is 9.50. The van der Waals surface area contributed by atoms with Gasteiger partial charge in [0.25, 0.3) is 10.0 Å². The fourth-order valence-corrected chi connectivity index (χ4v) is 3.70. The van der Waals surface area contributed by atoms with Crippen LogP contribution in [0, 0.1) is 6.92 Å². The Bertz CT molecular complexity index is 874. The Morgan fingerprint density at radius 2 is 1.68 bits per heavy atom. The molecule has 3 rings (SSSR count). The van der Waals surface area contributed by atoms with E-state index in [2.05, 4.69) is 4.40 Å². The molecule has 1 fully saturated rings. The standard InChI is InChI=1S/C18H20N2O4S/c1-13-3-5-16(6-4-13)25(22,23)19-15-11-14(2)18(21)17(12-15)20-7-9-24-10-8-20/h3-6,11-12H,7-10H2,1-2H3. The number of ketones is 1. The minimum atomic E-state index is -3.83. The van der Waals surface area contributed by atoms with Crippen LogP contribution in [-0.4, -0.2) is 51.1 Å². The van der Waals surface area contributed by atoms with Crippen LogP contribution in [-0.2, 0) is 19.6 Å². The molecule has 0 atom stereocenters. The highest BCUT2D eigenvalue weighted by Crippen LogP contribution is 2.20. The molecular weight excluding hydrogens is 340 g/mol. The largest absolute Gasteiger partial charge is 0.378 e. The van der Waals surface area contributed by atoms with Crippen molar-refractivity contribution in [3.05, 3.63) is 53.3 Å². The molecule has 2 aliphatic rings. The van der Waals surface area contributed by atoms with E-state index in [0.717, 1.165) is 5.56 Å². The molecule has 0 aromatic heterocycles. The lowest BCUT2D eigenvalue weighted by Gasteiger charge is -2.31. The summed E-state index contributed by atoms with van der Waals surface area (Å²) >= 11 is 0. The first kappa shape index (κ1) is 17.6. The summed E-state index contributed by atoms with van der Waals surface area (Å²) in [7, 11) is -3.83. The van der Waals surface area contributed by atoms with E-state index in [0.29, 0.717) is 37.6 Å². The number of allylic oxidation sites excluding steroid dienone is 3. The van der Waals surface area contributed by atoms with Gasteiger partial charge in [0.15, 0.2) is 0 Å². The van der Waals surface area contributed by atoms with Gasteiger partial charge in [0.1, 0.15) is 0 Å². The SMILES string of the molecule is CC1=CC(=NS(=O)(=O)c2ccc(C)cc2)C=C(N2CCOCC2)C1=O. The zero-order chi connectivity index (χ0) is 18.0. The van der Waals surface area contributed by atoms with E-state index in [-0.39, 0.29) is 16.4 Å². The molecule has 25 heavy (non-hydrogen) atoms. The zero-order valence-corrected chi connectivity index (χ0v) is 15.0. The van der Waals surface area contributed by atoms with Crippen LogP contribution >= 0.6 is 0 Å². The number of rotatable bonds is 3. The van der Waals surface area contributed by atoms with Crippen LogP contribution < -0.4 is 0 Å². The highest BCUT2D eigenvalue weighted by Gasteiger charge is 2.25. The Balaban J connectivity index is 1.96. The molecule has 0 amide bonds. The van der Waals surface area contributed by atoms with Gasteiger partial charge < -0.3 is 9.64 Å². The van der Waals surface area contributed by atoms with Crippen molar-refractivity contribution in [3.63, 3.8) is 0 Å². The van der Waals surface area contributed by atoms with Crippen LogP contribution in [0.4, 0.5) is 0 Å². The molecule has 1 aromatic rings. The summed E-state index contributed by atoms with van der Waals surface area (Å²) in [6.45, 7) is 5.84. The van der Waals surface area contributed by atoms with Crippen molar-refractivity contribution in [1.29, 1.82) is 0 Å². The zero-order valence-electron chi connectivity index (χ0n) is 14.2. The van der Waals surface area contributed by atoms with Gasteiger partial charge in [-0.05, 0) is 38.1 Å². The molecule has 0 N–H and O–H groups in total. The summed E-state index contributed by atoms with van der Waals surface area (Å²) in [5.74, 6) is -0.103. The van der Waals surface area contributed by atoms with Crippen LogP contribution in [0.5, 0.6) is 0 Å². The second-order valence-corrected chi connectivity index (χ2v) is 7.69. The van der Waals surface area contributed by atoms with Crippen molar-refractivity contribution in [2.75, 3.05) is 26.3 Å². The predicted octanol–water partition coefficient (Wildman–Crippen LogP) is 1.87. The van der Waals surface area contributed by atoms with E-state index in [4.69, 9.17) is 4.74 Å². The Hall–Kier alpha value is -2.25. The Morgan fingerprint density at radius 3 is 2.32 bits per heavy atom. The van der Waals surface area contributed by atoms with E-state index >= 15 is 0 Å². The van der Waals surface area contributed by atoms with Gasteiger partial charge in [-0.1, -0.05) is 17.7 Å². The van der Waals surface area contributed by atoms with Crippen molar-refractivity contribution in [2.24, 2.45) is 4.40 Å². The molecule has 0 radical (unpaired) electrons. The molecule has 1 saturated heterocycles. The van der Waals surface area contributed by atoms with Crippen LogP contribution in [0.25, 0.3) is 0 Å². The minimum Gasteiger partial charge on any atom is -0.378 e. The van der Waals surface area contributed by atoms with Crippen molar-refractivity contribution in [2.45, 2.75) is 18.7 Å². The number of morpholine rings is 1. The third-order valence-electron chi connectivity index (χ3n) is 4.14. The highest BCUT2D eigenvalue weighted by atomic mass is 32.2. The first-order chi connectivity index (χ1) is 11.9. The third-order valence-corrected chi connectivity index (χ3v) is 5.46. The van der Waals surface area contributed by atoms with Gasteiger partial charge in [-0.2, -0.15) is 12.8 Å². The van der Waals surface area contributed by atoms with Gasteiger partial charge in [0.05, 0.1) is 29.5 Å². The van der Waals surface area contributed by atoms with Gasteiger partial charge in [0.2, 0.25) is 5.78 Å². The van der Waals surface area contributed by atoms with Gasteiger partial charge in [0, 0.05) is 18.7 Å². The number of nitrogens with zero attached hydrogens (tertiary/aromatic N) is 2. The number of hydrogen-bond acceptors (Lipinski definition) is 5. The third kappa shape index (κ3) is 3.88. The Labute approximate surface area is 147 Å². The fourth-order valence-electron chi connectivity index (χ4n) is 2.73. The lowest BCUT2D eigenvalue weighted by atomic mass is 10.0. The van der Waals surface area contributed by atoms with Gasteiger partial charge in [-0.3, -0.25) is 4.79 Å². The molecule has 0 bridgehead atoms. The first-order valence-electron chi connectivity index (χ1n) is 8.06. The van der Waals surface area contributed by atoms with E-state index in [1.165, 1.54) is 18.2 Å². The van der Waals surface area contributed by atoms with Crippen molar-refractivity contribution in [1.82, 2.24) is 4.90 Å². The van der Waals surface area contributed by atoms with Crippen molar-refractivity contribution >= 4 is 21.5 Å². The number of Topliss-reactive ketones (excluding diaryl/α,β-unsaturated/α-hetero) is 1. The average molecular weight is 360 g/mol. The smallest absolute Gasteiger partial charge is 0.282 e. The lowest BCUT2D eigenvalue weighted by Crippen LogP contribution is -2.39. The van der Waals surface area contributed by atoms with E-state index < -0.39 is 10.0 Å². The summed E-state index contributed by atoms with van der Waals surface area (Å²) in [6, 6.07) is 6.53. The second kappa shape index (κ2) is 6.93. The maximum absolute atomic E-state index is 12.5. The normalized spacial score (nSPS) is 20.5. The lowest BCUT2D eigenvalue weighted by molar-refractivity contribution is -0.114. The van der Waals surface area contributed by atoms with E-state index in [9.17, 15) is 13.2 Å². The van der Waals surface area contributed by atoms with Gasteiger partial charge in [-0.25, -0.2) is 0 Å². The molecule has 1 heterocycles. The molecule has 0 unspecified atom stereocenters.